The molecule has 0 bridgehead atoms. The highest BCUT2D eigenvalue weighted by Gasteiger charge is 2.12. The molecule has 1 N–H and O–H groups in total. The summed E-state index contributed by atoms with van der Waals surface area (Å²) in [5.74, 6) is 0. The molecule has 0 aliphatic carbocycles. The highest BCUT2D eigenvalue weighted by Crippen LogP contribution is 2.11. The van der Waals surface area contributed by atoms with Crippen molar-refractivity contribution >= 4 is 5.71 Å². The molecule has 0 radical (unpaired) electrons. The summed E-state index contributed by atoms with van der Waals surface area (Å²) in [5, 5.41) is 4.60. The minimum absolute atomic E-state index is 0.241. The van der Waals surface area contributed by atoms with E-state index in [1.165, 1.54) is 0 Å². The fourth-order valence-corrected chi connectivity index (χ4v) is 1.73. The average molecular weight is 264 g/mol. The van der Waals surface area contributed by atoms with E-state index in [9.17, 15) is 0 Å². The van der Waals surface area contributed by atoms with Gasteiger partial charge in [0.15, 0.2) is 0 Å². The molecule has 0 aliphatic rings. The zero-order chi connectivity index (χ0) is 14.4. The van der Waals surface area contributed by atoms with Gasteiger partial charge in [0.05, 0.1) is 11.3 Å². The lowest BCUT2D eigenvalue weighted by molar-refractivity contribution is 0.496. The second kappa shape index (κ2) is 6.20. The third kappa shape index (κ3) is 3.58. The van der Waals surface area contributed by atoms with Crippen molar-refractivity contribution in [1.82, 2.24) is 5.43 Å². The number of nitrogens with zero attached hydrogens (tertiary/aromatic N) is 1. The molecule has 102 valence electrons. The molecular formula is C18H20N2. The van der Waals surface area contributed by atoms with Gasteiger partial charge in [-0.15, -0.1) is 6.58 Å². The van der Waals surface area contributed by atoms with Crippen LogP contribution in [0.15, 0.2) is 78.4 Å². The summed E-state index contributed by atoms with van der Waals surface area (Å²) in [6, 6.07) is 20.4. The van der Waals surface area contributed by atoms with E-state index in [-0.39, 0.29) is 5.54 Å². The van der Waals surface area contributed by atoms with E-state index in [1.54, 1.807) is 0 Å². The Morgan fingerprint density at radius 3 is 1.80 bits per heavy atom. The molecule has 2 heteroatoms. The van der Waals surface area contributed by atoms with Crippen molar-refractivity contribution in [1.29, 1.82) is 0 Å². The lowest BCUT2D eigenvalue weighted by atomic mass is 10.0. The summed E-state index contributed by atoms with van der Waals surface area (Å²) in [4.78, 5) is 0. The van der Waals surface area contributed by atoms with Crippen LogP contribution in [0, 0.1) is 0 Å². The molecule has 0 saturated carbocycles. The first-order valence-corrected chi connectivity index (χ1v) is 6.72. The molecule has 2 aromatic rings. The molecule has 0 spiro atoms. The van der Waals surface area contributed by atoms with Gasteiger partial charge in [0, 0.05) is 11.1 Å². The molecule has 2 nitrogen and oxygen atoms in total. The molecule has 20 heavy (non-hydrogen) atoms. The number of hydrazone groups is 1. The first kappa shape index (κ1) is 14.1. The predicted octanol–water partition coefficient (Wildman–Crippen LogP) is 3.99. The largest absolute Gasteiger partial charge is 0.300 e. The standard InChI is InChI=1S/C18H20N2/c1-4-18(2,3)20-19-17(15-11-7-5-8-12-15)16-13-9-6-10-14-16/h4-14,20H,1H2,2-3H3. The molecule has 0 amide bonds. The summed E-state index contributed by atoms with van der Waals surface area (Å²) >= 11 is 0. The molecule has 2 aromatic carbocycles. The van der Waals surface area contributed by atoms with Gasteiger partial charge < -0.3 is 5.43 Å². The van der Waals surface area contributed by atoms with Gasteiger partial charge in [-0.2, -0.15) is 5.10 Å². The van der Waals surface area contributed by atoms with Gasteiger partial charge in [0.25, 0.3) is 0 Å². The summed E-state index contributed by atoms with van der Waals surface area (Å²) in [6.07, 6.45) is 1.85. The smallest absolute Gasteiger partial charge is 0.0974 e. The molecule has 2 rings (SSSR count). The number of rotatable bonds is 5. The van der Waals surface area contributed by atoms with E-state index in [2.05, 4.69) is 41.4 Å². The highest BCUT2D eigenvalue weighted by atomic mass is 15.3. The number of hydrogen-bond donors (Lipinski definition) is 1. The van der Waals surface area contributed by atoms with Gasteiger partial charge in [-0.25, -0.2) is 0 Å². The Hall–Kier alpha value is -2.35. The fraction of sp³-hybridized carbons (Fsp3) is 0.167. The van der Waals surface area contributed by atoms with Crippen LogP contribution in [0.25, 0.3) is 0 Å². The van der Waals surface area contributed by atoms with Crippen molar-refractivity contribution in [2.45, 2.75) is 19.4 Å². The van der Waals surface area contributed by atoms with Crippen molar-refractivity contribution in [3.05, 3.63) is 84.4 Å². The third-order valence-corrected chi connectivity index (χ3v) is 3.06. The van der Waals surface area contributed by atoms with Gasteiger partial charge in [-0.05, 0) is 13.8 Å². The number of hydrogen-bond acceptors (Lipinski definition) is 2. The quantitative estimate of drug-likeness (QED) is 0.493. The van der Waals surface area contributed by atoms with Crippen LogP contribution < -0.4 is 5.43 Å². The second-order valence-corrected chi connectivity index (χ2v) is 5.23. The maximum atomic E-state index is 4.60. The first-order valence-electron chi connectivity index (χ1n) is 6.72. The predicted molar refractivity (Wildman–Crippen MR) is 85.9 cm³/mol. The van der Waals surface area contributed by atoms with E-state index in [0.29, 0.717) is 0 Å². The number of benzene rings is 2. The Bertz CT molecular complexity index is 542. The van der Waals surface area contributed by atoms with Crippen molar-refractivity contribution < 1.29 is 0 Å². The van der Waals surface area contributed by atoms with E-state index in [1.807, 2.05) is 56.3 Å². The molecular weight excluding hydrogens is 244 g/mol. The minimum Gasteiger partial charge on any atom is -0.300 e. The molecule has 0 aromatic heterocycles. The Morgan fingerprint density at radius 2 is 1.40 bits per heavy atom. The van der Waals surface area contributed by atoms with Gasteiger partial charge in [-0.1, -0.05) is 66.7 Å². The third-order valence-electron chi connectivity index (χ3n) is 3.06. The van der Waals surface area contributed by atoms with Gasteiger partial charge in [-0.3, -0.25) is 0 Å². The Morgan fingerprint density at radius 1 is 0.950 bits per heavy atom. The first-order chi connectivity index (χ1) is 9.62. The summed E-state index contributed by atoms with van der Waals surface area (Å²) in [5.41, 5.74) is 6.04. The second-order valence-electron chi connectivity index (χ2n) is 5.23. The van der Waals surface area contributed by atoms with Crippen LogP contribution in [-0.4, -0.2) is 11.3 Å². The normalized spacial score (nSPS) is 10.7. The van der Waals surface area contributed by atoms with Crippen LogP contribution in [0.2, 0.25) is 0 Å². The van der Waals surface area contributed by atoms with Gasteiger partial charge >= 0.3 is 0 Å². The molecule has 0 unspecified atom stereocenters. The summed E-state index contributed by atoms with van der Waals surface area (Å²) < 4.78 is 0. The minimum atomic E-state index is -0.241. The molecule has 0 fully saturated rings. The zero-order valence-electron chi connectivity index (χ0n) is 12.0. The van der Waals surface area contributed by atoms with Crippen LogP contribution in [0.1, 0.15) is 25.0 Å². The highest BCUT2D eigenvalue weighted by molar-refractivity contribution is 6.12. The van der Waals surface area contributed by atoms with E-state index in [0.717, 1.165) is 16.8 Å². The van der Waals surface area contributed by atoms with Crippen LogP contribution in [-0.2, 0) is 0 Å². The Labute approximate surface area is 120 Å². The van der Waals surface area contributed by atoms with E-state index < -0.39 is 0 Å². The van der Waals surface area contributed by atoms with Crippen LogP contribution >= 0.6 is 0 Å². The van der Waals surface area contributed by atoms with Crippen LogP contribution in [0.3, 0.4) is 0 Å². The lowest BCUT2D eigenvalue weighted by Gasteiger charge is -2.20. The van der Waals surface area contributed by atoms with E-state index in [4.69, 9.17) is 0 Å². The van der Waals surface area contributed by atoms with E-state index >= 15 is 0 Å². The van der Waals surface area contributed by atoms with Crippen LogP contribution in [0.4, 0.5) is 0 Å². The topological polar surface area (TPSA) is 24.4 Å². The van der Waals surface area contributed by atoms with Crippen molar-refractivity contribution in [3.63, 3.8) is 0 Å². The maximum Gasteiger partial charge on any atom is 0.0974 e. The summed E-state index contributed by atoms with van der Waals surface area (Å²) in [6.45, 7) is 7.90. The van der Waals surface area contributed by atoms with Crippen molar-refractivity contribution in [3.8, 4) is 0 Å². The zero-order valence-corrected chi connectivity index (χ0v) is 12.0. The van der Waals surface area contributed by atoms with Crippen LogP contribution in [0.5, 0.6) is 0 Å². The maximum absolute atomic E-state index is 4.60. The Balaban J connectivity index is 2.40. The SMILES string of the molecule is C=CC(C)(C)NN=C(c1ccccc1)c1ccccc1. The molecule has 0 atom stereocenters. The molecule has 0 heterocycles. The molecule has 0 aliphatic heterocycles. The Kier molecular flexibility index (Phi) is 4.36. The van der Waals surface area contributed by atoms with Crippen molar-refractivity contribution in [2.24, 2.45) is 5.10 Å². The van der Waals surface area contributed by atoms with Gasteiger partial charge in [0.2, 0.25) is 0 Å². The lowest BCUT2D eigenvalue weighted by Crippen LogP contribution is -2.33. The fourth-order valence-electron chi connectivity index (χ4n) is 1.73. The van der Waals surface area contributed by atoms with Gasteiger partial charge in [0.1, 0.15) is 0 Å². The van der Waals surface area contributed by atoms with Crippen molar-refractivity contribution in [2.75, 3.05) is 0 Å². The monoisotopic (exact) mass is 264 g/mol. The number of nitrogens with one attached hydrogen (secondary N) is 1. The average Bonchev–Trinajstić information content (AvgIpc) is 2.49. The summed E-state index contributed by atoms with van der Waals surface area (Å²) in [7, 11) is 0. The molecule has 0 saturated heterocycles.